The molecule has 8 rings (SSSR count). The summed E-state index contributed by atoms with van der Waals surface area (Å²) < 4.78 is 16.4. The smallest absolute Gasteiger partial charge is 0.271 e. The average Bonchev–Trinajstić information content (AvgIpc) is 3.54. The highest BCUT2D eigenvalue weighted by molar-refractivity contribution is 7.07. The zero-order chi connectivity index (χ0) is 27.5. The van der Waals surface area contributed by atoms with Crippen LogP contribution in [0.25, 0.3) is 33.9 Å². The molecule has 0 amide bonds. The van der Waals surface area contributed by atoms with Crippen LogP contribution in [0.4, 0.5) is 4.39 Å². The number of benzene rings is 4. The number of H-pyrrole nitrogens is 1. The van der Waals surface area contributed by atoms with Crippen molar-refractivity contribution in [2.24, 2.45) is 4.99 Å². The van der Waals surface area contributed by atoms with E-state index in [-0.39, 0.29) is 17.4 Å². The number of hydrogen-bond acceptors (Lipinski definition) is 3. The van der Waals surface area contributed by atoms with Crippen molar-refractivity contribution in [3.8, 4) is 11.3 Å². The van der Waals surface area contributed by atoms with Gasteiger partial charge in [-0.1, -0.05) is 96.3 Å². The van der Waals surface area contributed by atoms with Crippen LogP contribution in [-0.2, 0) is 6.42 Å². The summed E-state index contributed by atoms with van der Waals surface area (Å²) in [5, 5.41) is 1.06. The number of hydrogen-bond donors (Lipinski definition) is 1. The number of fused-ring (bicyclic) bond motifs is 4. The molecule has 1 aliphatic heterocycles. The van der Waals surface area contributed by atoms with Gasteiger partial charge in [-0.25, -0.2) is 9.38 Å². The molecule has 0 spiro atoms. The van der Waals surface area contributed by atoms with Gasteiger partial charge in [0.25, 0.3) is 5.56 Å². The van der Waals surface area contributed by atoms with Crippen molar-refractivity contribution in [1.29, 1.82) is 0 Å². The first-order chi connectivity index (χ1) is 20.2. The Hall–Kier alpha value is -4.81. The third-order valence-corrected chi connectivity index (χ3v) is 9.13. The number of aromatic amines is 1. The third kappa shape index (κ3) is 3.86. The van der Waals surface area contributed by atoms with Crippen LogP contribution >= 0.6 is 11.3 Å². The first-order valence-electron chi connectivity index (χ1n) is 13.7. The van der Waals surface area contributed by atoms with E-state index in [4.69, 9.17) is 4.99 Å². The second-order valence-corrected chi connectivity index (χ2v) is 11.5. The molecule has 0 saturated carbocycles. The van der Waals surface area contributed by atoms with Crippen molar-refractivity contribution < 1.29 is 4.39 Å². The van der Waals surface area contributed by atoms with E-state index < -0.39 is 0 Å². The fourth-order valence-electron chi connectivity index (χ4n) is 6.24. The lowest BCUT2D eigenvalue weighted by molar-refractivity contribution is 0.581. The molecule has 41 heavy (non-hydrogen) atoms. The zero-order valence-corrected chi connectivity index (χ0v) is 22.8. The second-order valence-electron chi connectivity index (χ2n) is 10.5. The van der Waals surface area contributed by atoms with Gasteiger partial charge < -0.3 is 4.98 Å². The molecule has 1 aliphatic carbocycles. The Morgan fingerprint density at radius 1 is 0.878 bits per heavy atom. The topological polar surface area (TPSA) is 50.1 Å². The molecule has 2 aliphatic rings. The number of nitrogens with zero attached hydrogens (tertiary/aromatic N) is 2. The number of allylic oxidation sites excluding steroid dienone is 1. The highest BCUT2D eigenvalue weighted by Gasteiger charge is 2.32. The Balaban J connectivity index is 1.40. The van der Waals surface area contributed by atoms with Crippen molar-refractivity contribution in [2.75, 3.05) is 0 Å². The van der Waals surface area contributed by atoms with Crippen LogP contribution in [0.5, 0.6) is 0 Å². The number of para-hydroxylation sites is 1. The Bertz CT molecular complexity index is 2190. The second kappa shape index (κ2) is 9.39. The lowest BCUT2D eigenvalue weighted by Crippen LogP contribution is -2.38. The predicted molar refractivity (Wildman–Crippen MR) is 163 cm³/mol. The quantitative estimate of drug-likeness (QED) is 0.264. The van der Waals surface area contributed by atoms with Crippen LogP contribution in [0.3, 0.4) is 0 Å². The molecule has 0 bridgehead atoms. The largest absolute Gasteiger partial charge is 0.354 e. The first-order valence-corrected chi connectivity index (χ1v) is 14.5. The molecule has 4 aromatic carbocycles. The molecule has 0 radical (unpaired) electrons. The number of halogens is 1. The van der Waals surface area contributed by atoms with Gasteiger partial charge in [0.05, 0.1) is 22.0 Å². The maximum atomic E-state index is 14.3. The lowest BCUT2D eigenvalue weighted by atomic mass is 9.83. The number of aryl methyl sites for hydroxylation is 1. The van der Waals surface area contributed by atoms with Gasteiger partial charge in [0, 0.05) is 22.0 Å². The molecule has 2 aromatic heterocycles. The van der Waals surface area contributed by atoms with Crippen molar-refractivity contribution in [3.63, 3.8) is 0 Å². The van der Waals surface area contributed by atoms with Crippen LogP contribution in [-0.4, -0.2) is 9.55 Å². The monoisotopic (exact) mass is 553 g/mol. The summed E-state index contributed by atoms with van der Waals surface area (Å²) in [6.07, 6.45) is 3.67. The number of aromatic nitrogens is 2. The summed E-state index contributed by atoms with van der Waals surface area (Å²) in [4.78, 5) is 23.6. The first kappa shape index (κ1) is 24.0. The minimum atomic E-state index is -0.339. The van der Waals surface area contributed by atoms with E-state index in [0.29, 0.717) is 9.33 Å². The molecule has 1 N–H and O–H groups in total. The van der Waals surface area contributed by atoms with Gasteiger partial charge in [0.15, 0.2) is 4.80 Å². The van der Waals surface area contributed by atoms with E-state index in [1.807, 2.05) is 47.0 Å². The van der Waals surface area contributed by atoms with Gasteiger partial charge in [-0.05, 0) is 59.4 Å². The van der Waals surface area contributed by atoms with Crippen LogP contribution in [0.2, 0.25) is 0 Å². The zero-order valence-electron chi connectivity index (χ0n) is 22.0. The van der Waals surface area contributed by atoms with Crippen molar-refractivity contribution in [3.05, 3.63) is 156 Å². The van der Waals surface area contributed by atoms with Gasteiger partial charge in [-0.15, -0.1) is 0 Å². The van der Waals surface area contributed by atoms with Crippen LogP contribution in [0.15, 0.2) is 118 Å². The maximum Gasteiger partial charge on any atom is 0.271 e. The normalized spacial score (nSPS) is 16.3. The Kier molecular flexibility index (Phi) is 5.50. The van der Waals surface area contributed by atoms with Crippen LogP contribution in [0.1, 0.15) is 34.7 Å². The Morgan fingerprint density at radius 3 is 2.49 bits per heavy atom. The lowest BCUT2D eigenvalue weighted by Gasteiger charge is -2.30. The van der Waals surface area contributed by atoms with E-state index in [9.17, 15) is 9.18 Å². The summed E-state index contributed by atoms with van der Waals surface area (Å²) in [7, 11) is 0. The Labute approximate surface area is 239 Å². The van der Waals surface area contributed by atoms with Gasteiger partial charge in [0.2, 0.25) is 0 Å². The van der Waals surface area contributed by atoms with E-state index in [0.717, 1.165) is 63.0 Å². The number of nitrogens with one attached hydrogen (secondary N) is 1. The minimum absolute atomic E-state index is 0.0854. The average molecular weight is 554 g/mol. The fraction of sp³-hybridized carbons (Fsp3) is 0.0857. The predicted octanol–water partition coefficient (Wildman–Crippen LogP) is 6.61. The molecule has 0 fully saturated rings. The van der Waals surface area contributed by atoms with Crippen LogP contribution in [0, 0.1) is 5.82 Å². The molecule has 1 unspecified atom stereocenters. The van der Waals surface area contributed by atoms with Gasteiger partial charge in [-0.3, -0.25) is 9.36 Å². The fourth-order valence-corrected chi connectivity index (χ4v) is 7.23. The van der Waals surface area contributed by atoms with E-state index in [2.05, 4.69) is 47.4 Å². The standard InChI is InChI=1S/C35H24FN3OS/c36-24-17-14-23(15-18-24)33-27-19-16-21-8-4-5-11-25(21)32(27)38-35-39(33)34(40)30(41-35)20-28-26-12-6-7-13-29(26)37-31(28)22-9-2-1-3-10-22/h1-15,17-18,20,33,37H,16,19H2. The molecule has 0 saturated heterocycles. The molecule has 6 heteroatoms. The van der Waals surface area contributed by atoms with Crippen molar-refractivity contribution >= 4 is 34.0 Å². The Morgan fingerprint density at radius 2 is 1.63 bits per heavy atom. The highest BCUT2D eigenvalue weighted by atomic mass is 32.1. The summed E-state index contributed by atoms with van der Waals surface area (Å²) in [5.74, 6) is -0.294. The summed E-state index contributed by atoms with van der Waals surface area (Å²) in [6.45, 7) is 0. The molecular formula is C35H24FN3OS. The summed E-state index contributed by atoms with van der Waals surface area (Å²) >= 11 is 1.41. The van der Waals surface area contributed by atoms with Crippen molar-refractivity contribution in [1.82, 2.24) is 9.55 Å². The van der Waals surface area contributed by atoms with Gasteiger partial charge in [-0.2, -0.15) is 0 Å². The van der Waals surface area contributed by atoms with E-state index >= 15 is 0 Å². The van der Waals surface area contributed by atoms with Crippen molar-refractivity contribution in [2.45, 2.75) is 18.9 Å². The molecule has 6 aromatic rings. The molecule has 1 atom stereocenters. The SMILES string of the molecule is O=c1c(=Cc2c(-c3ccccc3)[nH]c3ccccc23)sc2n1C(c1ccc(F)cc1)C1=C(N=2)c2ccccc2CC1. The van der Waals surface area contributed by atoms with Gasteiger partial charge in [0.1, 0.15) is 5.82 Å². The maximum absolute atomic E-state index is 14.3. The van der Waals surface area contributed by atoms with E-state index in [1.54, 1.807) is 12.1 Å². The summed E-state index contributed by atoms with van der Waals surface area (Å²) in [6, 6.07) is 32.9. The molecule has 3 heterocycles. The number of thiazole rings is 1. The van der Waals surface area contributed by atoms with E-state index in [1.165, 1.54) is 29.0 Å². The summed E-state index contributed by atoms with van der Waals surface area (Å²) in [5.41, 5.74) is 9.24. The minimum Gasteiger partial charge on any atom is -0.354 e. The molecule has 4 nitrogen and oxygen atoms in total. The third-order valence-electron chi connectivity index (χ3n) is 8.14. The number of rotatable bonds is 3. The van der Waals surface area contributed by atoms with Gasteiger partial charge >= 0.3 is 0 Å². The van der Waals surface area contributed by atoms with Crippen LogP contribution < -0.4 is 14.9 Å². The molecule has 198 valence electrons. The molecular weight excluding hydrogens is 529 g/mol. The highest BCUT2D eigenvalue weighted by Crippen LogP contribution is 2.41.